The van der Waals surface area contributed by atoms with Gasteiger partial charge in [0.15, 0.2) is 0 Å². The maximum atomic E-state index is 12.4. The highest BCUT2D eigenvalue weighted by Crippen LogP contribution is 2.24. The Hall–Kier alpha value is -1.70. The molecule has 1 unspecified atom stereocenters. The largest absolute Gasteiger partial charge is 0.374 e. The molecule has 1 aromatic carbocycles. The van der Waals surface area contributed by atoms with Gasteiger partial charge in [-0.2, -0.15) is 0 Å². The monoisotopic (exact) mass is 313 g/mol. The molecule has 1 atom stereocenters. The highest BCUT2D eigenvalue weighted by molar-refractivity contribution is 6.31. The topological polar surface area (TPSA) is 84.7 Å². The van der Waals surface area contributed by atoms with Gasteiger partial charge in [-0.15, -0.1) is 0 Å². The van der Waals surface area contributed by atoms with E-state index < -0.39 is 10.8 Å². The van der Waals surface area contributed by atoms with Crippen molar-refractivity contribution in [1.29, 1.82) is 0 Å². The number of rotatable bonds is 4. The van der Waals surface area contributed by atoms with E-state index in [0.717, 1.165) is 6.54 Å². The van der Waals surface area contributed by atoms with Crippen molar-refractivity contribution in [2.45, 2.75) is 6.10 Å². The number of benzene rings is 1. The molecule has 1 aromatic rings. The second-order valence-corrected chi connectivity index (χ2v) is 5.24. The number of halogens is 1. The molecule has 2 rings (SSSR count). The maximum absolute atomic E-state index is 12.4. The fraction of sp³-hybridized carbons (Fsp3) is 0.462. The van der Waals surface area contributed by atoms with Gasteiger partial charge in [-0.3, -0.25) is 14.9 Å². The summed E-state index contributed by atoms with van der Waals surface area (Å²) in [5.41, 5.74) is -0.266. The first-order valence-electron chi connectivity index (χ1n) is 6.50. The van der Waals surface area contributed by atoms with Gasteiger partial charge in [0.25, 0.3) is 11.6 Å². The molecule has 114 valence electrons. The Kier molecular flexibility index (Phi) is 5.11. The highest BCUT2D eigenvalue weighted by atomic mass is 35.5. The van der Waals surface area contributed by atoms with Crippen LogP contribution in [0.5, 0.6) is 0 Å². The number of nitrogens with zero attached hydrogens (tertiary/aromatic N) is 2. The van der Waals surface area contributed by atoms with E-state index in [2.05, 4.69) is 5.32 Å². The molecule has 1 fully saturated rings. The summed E-state index contributed by atoms with van der Waals surface area (Å²) in [5, 5.41) is 14.5. The maximum Gasteiger partial charge on any atom is 0.282 e. The molecule has 1 N–H and O–H groups in total. The van der Waals surface area contributed by atoms with Crippen LogP contribution in [-0.2, 0) is 4.74 Å². The summed E-state index contributed by atoms with van der Waals surface area (Å²) < 4.78 is 5.52. The first-order valence-corrected chi connectivity index (χ1v) is 6.88. The van der Waals surface area contributed by atoms with Gasteiger partial charge in [-0.05, 0) is 12.1 Å². The molecule has 0 radical (unpaired) electrons. The first-order chi connectivity index (χ1) is 9.99. The van der Waals surface area contributed by atoms with Crippen molar-refractivity contribution in [2.24, 2.45) is 0 Å². The second-order valence-electron chi connectivity index (χ2n) is 4.80. The van der Waals surface area contributed by atoms with Gasteiger partial charge in [0, 0.05) is 37.8 Å². The molecular formula is C13H16ClN3O4. The molecule has 1 saturated heterocycles. The summed E-state index contributed by atoms with van der Waals surface area (Å²) in [6, 6.07) is 3.95. The van der Waals surface area contributed by atoms with Crippen molar-refractivity contribution in [3.05, 3.63) is 38.9 Å². The SMILES string of the molecule is CN(CC1CNCCO1)C(=O)c1cc(Cl)ccc1[N+](=O)[O-]. The Bertz CT molecular complexity index is 546. The van der Waals surface area contributed by atoms with E-state index in [4.69, 9.17) is 16.3 Å². The van der Waals surface area contributed by atoms with Crippen LogP contribution in [-0.4, -0.2) is 55.1 Å². The van der Waals surface area contributed by atoms with Crippen LogP contribution in [0.4, 0.5) is 5.69 Å². The number of hydrogen-bond acceptors (Lipinski definition) is 5. The zero-order valence-electron chi connectivity index (χ0n) is 11.5. The minimum atomic E-state index is -0.587. The lowest BCUT2D eigenvalue weighted by atomic mass is 10.1. The van der Waals surface area contributed by atoms with Crippen LogP contribution in [0.3, 0.4) is 0 Å². The molecule has 1 aliphatic rings. The minimum absolute atomic E-state index is 0.0150. The molecule has 0 spiro atoms. The van der Waals surface area contributed by atoms with Gasteiger partial charge in [0.2, 0.25) is 0 Å². The third-order valence-electron chi connectivity index (χ3n) is 3.21. The van der Waals surface area contributed by atoms with Crippen LogP contribution in [0.25, 0.3) is 0 Å². The Morgan fingerprint density at radius 2 is 2.38 bits per heavy atom. The molecule has 21 heavy (non-hydrogen) atoms. The number of nitrogens with one attached hydrogen (secondary N) is 1. The zero-order chi connectivity index (χ0) is 15.4. The van der Waals surface area contributed by atoms with Gasteiger partial charge in [0.1, 0.15) is 5.56 Å². The standard InChI is InChI=1S/C13H16ClN3O4/c1-16(8-10-7-15-4-5-21-10)13(18)11-6-9(14)2-3-12(11)17(19)20/h2-3,6,10,15H,4-5,7-8H2,1H3. The predicted octanol–water partition coefficient (Wildman–Crippen LogP) is 1.31. The van der Waals surface area contributed by atoms with Crippen LogP contribution in [0.1, 0.15) is 10.4 Å². The Morgan fingerprint density at radius 1 is 1.62 bits per heavy atom. The third kappa shape index (κ3) is 3.90. The van der Waals surface area contributed by atoms with Crippen LogP contribution in [0.2, 0.25) is 5.02 Å². The highest BCUT2D eigenvalue weighted by Gasteiger charge is 2.25. The number of morpholine rings is 1. The van der Waals surface area contributed by atoms with E-state index in [1.54, 1.807) is 7.05 Å². The van der Waals surface area contributed by atoms with Crippen LogP contribution >= 0.6 is 11.6 Å². The molecule has 0 bridgehead atoms. The van der Waals surface area contributed by atoms with E-state index in [9.17, 15) is 14.9 Å². The van der Waals surface area contributed by atoms with Gasteiger partial charge < -0.3 is 15.0 Å². The lowest BCUT2D eigenvalue weighted by molar-refractivity contribution is -0.385. The normalized spacial score (nSPS) is 18.3. The van der Waals surface area contributed by atoms with E-state index >= 15 is 0 Å². The van der Waals surface area contributed by atoms with Crippen LogP contribution in [0.15, 0.2) is 18.2 Å². The molecule has 1 heterocycles. The van der Waals surface area contributed by atoms with E-state index in [1.807, 2.05) is 0 Å². The van der Waals surface area contributed by atoms with Crippen molar-refractivity contribution in [3.8, 4) is 0 Å². The number of carbonyl (C=O) groups excluding carboxylic acids is 1. The number of amides is 1. The van der Waals surface area contributed by atoms with Crippen molar-refractivity contribution in [3.63, 3.8) is 0 Å². The molecule has 0 aromatic heterocycles. The number of nitro benzene ring substituents is 1. The smallest absolute Gasteiger partial charge is 0.282 e. The third-order valence-corrected chi connectivity index (χ3v) is 3.45. The Balaban J connectivity index is 2.14. The fourth-order valence-electron chi connectivity index (χ4n) is 2.17. The summed E-state index contributed by atoms with van der Waals surface area (Å²) in [4.78, 5) is 24.2. The summed E-state index contributed by atoms with van der Waals surface area (Å²) in [6.07, 6.45) is -0.119. The number of likely N-dealkylation sites (N-methyl/N-ethyl adjacent to an activating group) is 1. The average molecular weight is 314 g/mol. The van der Waals surface area contributed by atoms with Crippen molar-refractivity contribution in [1.82, 2.24) is 10.2 Å². The number of hydrogen-bond donors (Lipinski definition) is 1. The fourth-order valence-corrected chi connectivity index (χ4v) is 2.34. The second kappa shape index (κ2) is 6.84. The number of ether oxygens (including phenoxy) is 1. The zero-order valence-corrected chi connectivity index (χ0v) is 12.3. The summed E-state index contributed by atoms with van der Waals surface area (Å²) >= 11 is 5.83. The van der Waals surface area contributed by atoms with Gasteiger partial charge in [-0.25, -0.2) is 0 Å². The number of carbonyl (C=O) groups is 1. The lowest BCUT2D eigenvalue weighted by Gasteiger charge is -2.28. The lowest BCUT2D eigenvalue weighted by Crippen LogP contribution is -2.45. The Morgan fingerprint density at radius 3 is 3.00 bits per heavy atom. The van der Waals surface area contributed by atoms with Gasteiger partial charge >= 0.3 is 0 Å². The van der Waals surface area contributed by atoms with Crippen molar-refractivity contribution in [2.75, 3.05) is 33.3 Å². The predicted molar refractivity (Wildman–Crippen MR) is 77.7 cm³/mol. The summed E-state index contributed by atoms with van der Waals surface area (Å²) in [6.45, 7) is 2.38. The Labute approximate surface area is 127 Å². The molecule has 7 nitrogen and oxygen atoms in total. The summed E-state index contributed by atoms with van der Waals surface area (Å²) in [5.74, 6) is -0.446. The number of nitro groups is 1. The summed E-state index contributed by atoms with van der Waals surface area (Å²) in [7, 11) is 1.59. The van der Waals surface area contributed by atoms with E-state index in [0.29, 0.717) is 19.7 Å². The van der Waals surface area contributed by atoms with Crippen molar-refractivity contribution < 1.29 is 14.5 Å². The average Bonchev–Trinajstić information content (AvgIpc) is 2.47. The van der Waals surface area contributed by atoms with Gasteiger partial charge in [0.05, 0.1) is 17.6 Å². The molecular weight excluding hydrogens is 298 g/mol. The van der Waals surface area contributed by atoms with Gasteiger partial charge in [-0.1, -0.05) is 11.6 Å². The molecule has 0 aliphatic carbocycles. The van der Waals surface area contributed by atoms with E-state index in [-0.39, 0.29) is 22.4 Å². The molecule has 1 aliphatic heterocycles. The van der Waals surface area contributed by atoms with Crippen LogP contribution < -0.4 is 5.32 Å². The molecule has 0 saturated carbocycles. The van der Waals surface area contributed by atoms with Crippen molar-refractivity contribution >= 4 is 23.2 Å². The van der Waals surface area contributed by atoms with Crippen LogP contribution in [0, 0.1) is 10.1 Å². The minimum Gasteiger partial charge on any atom is -0.374 e. The van der Waals surface area contributed by atoms with E-state index in [1.165, 1.54) is 23.1 Å². The quantitative estimate of drug-likeness (QED) is 0.669. The molecule has 1 amide bonds. The first kappa shape index (κ1) is 15.7. The molecule has 8 heteroatoms.